The third-order valence-corrected chi connectivity index (χ3v) is 7.10. The van der Waals surface area contributed by atoms with E-state index in [0.29, 0.717) is 21.4 Å². The lowest BCUT2D eigenvalue weighted by molar-refractivity contribution is -0.119. The van der Waals surface area contributed by atoms with Gasteiger partial charge >= 0.3 is 0 Å². The van der Waals surface area contributed by atoms with Crippen LogP contribution in [0.2, 0.25) is 10.0 Å². The highest BCUT2D eigenvalue weighted by Crippen LogP contribution is 2.32. The molecule has 0 aliphatic heterocycles. The summed E-state index contributed by atoms with van der Waals surface area (Å²) < 4.78 is 38.4. The topological polar surface area (TPSA) is 97.3 Å². The predicted molar refractivity (Wildman–Crippen MR) is 133 cm³/mol. The molecule has 0 radical (unpaired) electrons. The minimum Gasteiger partial charge on any atom is -0.497 e. The number of carbonyl (C=O) groups is 1. The van der Waals surface area contributed by atoms with Crippen LogP contribution in [0.1, 0.15) is 5.56 Å². The van der Waals surface area contributed by atoms with Gasteiger partial charge in [-0.3, -0.25) is 9.10 Å². The molecule has 1 N–H and O–H groups in total. The molecule has 0 bridgehead atoms. The van der Waals surface area contributed by atoms with Gasteiger partial charge in [0, 0.05) is 5.56 Å². The number of sulfonamides is 1. The number of hydrogen-bond acceptors (Lipinski definition) is 6. The van der Waals surface area contributed by atoms with Crippen LogP contribution in [0.5, 0.6) is 11.5 Å². The van der Waals surface area contributed by atoms with Crippen LogP contribution in [-0.2, 0) is 14.8 Å². The van der Waals surface area contributed by atoms with Crippen LogP contribution in [0.15, 0.2) is 76.7 Å². The van der Waals surface area contributed by atoms with Gasteiger partial charge in [-0.15, -0.1) is 0 Å². The van der Waals surface area contributed by atoms with Gasteiger partial charge in [-0.25, -0.2) is 13.8 Å². The number of benzene rings is 3. The Morgan fingerprint density at radius 2 is 1.62 bits per heavy atom. The maximum Gasteiger partial charge on any atom is 0.264 e. The normalized spacial score (nSPS) is 11.3. The van der Waals surface area contributed by atoms with Crippen molar-refractivity contribution >= 4 is 51.0 Å². The van der Waals surface area contributed by atoms with Gasteiger partial charge in [-0.05, 0) is 48.5 Å². The van der Waals surface area contributed by atoms with Crippen molar-refractivity contribution in [2.75, 3.05) is 25.1 Å². The van der Waals surface area contributed by atoms with E-state index in [1.54, 1.807) is 42.5 Å². The van der Waals surface area contributed by atoms with E-state index in [-0.39, 0.29) is 16.3 Å². The third kappa shape index (κ3) is 5.80. The van der Waals surface area contributed by atoms with Gasteiger partial charge in [0.25, 0.3) is 15.9 Å². The number of ether oxygens (including phenoxy) is 2. The fraction of sp³-hybridized carbons (Fsp3) is 0.130. The largest absolute Gasteiger partial charge is 0.497 e. The van der Waals surface area contributed by atoms with E-state index in [2.05, 4.69) is 10.5 Å². The van der Waals surface area contributed by atoms with Crippen LogP contribution in [0.4, 0.5) is 5.69 Å². The van der Waals surface area contributed by atoms with Gasteiger partial charge in [0.2, 0.25) is 0 Å². The Labute approximate surface area is 207 Å². The Kier molecular flexibility index (Phi) is 8.38. The van der Waals surface area contributed by atoms with Gasteiger partial charge in [0.05, 0.1) is 41.1 Å². The first-order chi connectivity index (χ1) is 16.3. The molecule has 0 aromatic heterocycles. The molecule has 8 nitrogen and oxygen atoms in total. The Bertz CT molecular complexity index is 1280. The molecule has 34 heavy (non-hydrogen) atoms. The molecule has 3 aromatic rings. The molecule has 11 heteroatoms. The average molecular weight is 522 g/mol. The summed E-state index contributed by atoms with van der Waals surface area (Å²) in [5.74, 6) is 0.0780. The Morgan fingerprint density at radius 1 is 0.971 bits per heavy atom. The highest BCUT2D eigenvalue weighted by Gasteiger charge is 2.29. The van der Waals surface area contributed by atoms with Crippen LogP contribution in [0, 0.1) is 0 Å². The number of halogens is 2. The van der Waals surface area contributed by atoms with E-state index in [4.69, 9.17) is 32.7 Å². The zero-order valence-electron chi connectivity index (χ0n) is 18.2. The number of methoxy groups -OCH3 is 2. The van der Waals surface area contributed by atoms with Crippen LogP contribution in [0.3, 0.4) is 0 Å². The number of amides is 1. The summed E-state index contributed by atoms with van der Waals surface area (Å²) in [4.78, 5) is 12.7. The standard InChI is InChI=1S/C23H21Cl2N3O5S/c1-32-16-10-12-17(13-11-16)34(30,31)28(21-8-3-4-9-22(21)33-2)15-23(29)27-26-14-18-19(24)6-5-7-20(18)25/h3-14H,15H2,1-2H3,(H,27,29)/b26-14-. The van der Waals surface area contributed by atoms with Crippen molar-refractivity contribution in [1.29, 1.82) is 0 Å². The molecule has 0 saturated carbocycles. The van der Waals surface area contributed by atoms with Crippen molar-refractivity contribution in [2.24, 2.45) is 5.10 Å². The Balaban J connectivity index is 1.91. The monoisotopic (exact) mass is 521 g/mol. The van der Waals surface area contributed by atoms with Crippen molar-refractivity contribution in [1.82, 2.24) is 5.43 Å². The average Bonchev–Trinajstić information content (AvgIpc) is 2.84. The quantitative estimate of drug-likeness (QED) is 0.333. The number of hydrogen-bond donors (Lipinski definition) is 1. The first kappa shape index (κ1) is 25.4. The van der Waals surface area contributed by atoms with Crippen molar-refractivity contribution in [3.8, 4) is 11.5 Å². The summed E-state index contributed by atoms with van der Waals surface area (Å²) in [6, 6.07) is 17.2. The van der Waals surface area contributed by atoms with Crippen molar-refractivity contribution < 1.29 is 22.7 Å². The molecule has 0 aliphatic rings. The number of nitrogens with zero attached hydrogens (tertiary/aromatic N) is 2. The van der Waals surface area contributed by atoms with Crippen LogP contribution in [0.25, 0.3) is 0 Å². The molecule has 0 fully saturated rings. The number of carbonyl (C=O) groups excluding carboxylic acids is 1. The van der Waals surface area contributed by atoms with Crippen LogP contribution in [-0.4, -0.2) is 41.3 Å². The summed E-state index contributed by atoms with van der Waals surface area (Å²) in [7, 11) is -1.27. The molecule has 0 atom stereocenters. The van der Waals surface area contributed by atoms with E-state index in [9.17, 15) is 13.2 Å². The summed E-state index contributed by atoms with van der Waals surface area (Å²) in [6.07, 6.45) is 1.29. The van der Waals surface area contributed by atoms with Crippen molar-refractivity contribution in [2.45, 2.75) is 4.90 Å². The van der Waals surface area contributed by atoms with Crippen molar-refractivity contribution in [3.63, 3.8) is 0 Å². The minimum atomic E-state index is -4.15. The fourth-order valence-electron chi connectivity index (χ4n) is 2.98. The van der Waals surface area contributed by atoms with E-state index in [1.807, 2.05) is 0 Å². The zero-order chi connectivity index (χ0) is 24.7. The molecule has 1 amide bonds. The first-order valence-electron chi connectivity index (χ1n) is 9.83. The maximum atomic E-state index is 13.5. The van der Waals surface area contributed by atoms with E-state index >= 15 is 0 Å². The van der Waals surface area contributed by atoms with Gasteiger partial charge in [0.1, 0.15) is 18.0 Å². The molecule has 178 valence electrons. The SMILES string of the molecule is COc1ccc(S(=O)(=O)N(CC(=O)N/N=C\c2c(Cl)cccc2Cl)c2ccccc2OC)cc1. The summed E-state index contributed by atoms with van der Waals surface area (Å²) in [6.45, 7) is -0.567. The first-order valence-corrected chi connectivity index (χ1v) is 12.0. The Morgan fingerprint density at radius 3 is 2.24 bits per heavy atom. The number of hydrazone groups is 1. The smallest absolute Gasteiger partial charge is 0.264 e. The highest BCUT2D eigenvalue weighted by molar-refractivity contribution is 7.92. The lowest BCUT2D eigenvalue weighted by Crippen LogP contribution is -2.39. The summed E-state index contributed by atoms with van der Waals surface area (Å²) >= 11 is 12.2. The number of para-hydroxylation sites is 2. The third-order valence-electron chi connectivity index (χ3n) is 4.67. The Hall–Kier alpha value is -3.27. The second kappa shape index (κ2) is 11.2. The summed E-state index contributed by atoms with van der Waals surface area (Å²) in [5, 5.41) is 4.57. The minimum absolute atomic E-state index is 0.0293. The van der Waals surface area contributed by atoms with Crippen LogP contribution < -0.4 is 19.2 Å². The van der Waals surface area contributed by atoms with E-state index < -0.39 is 22.5 Å². The van der Waals surface area contributed by atoms with Crippen molar-refractivity contribution in [3.05, 3.63) is 82.3 Å². The lowest BCUT2D eigenvalue weighted by atomic mass is 10.2. The van der Waals surface area contributed by atoms with E-state index in [0.717, 1.165) is 4.31 Å². The maximum absolute atomic E-state index is 13.5. The number of rotatable bonds is 9. The molecule has 0 unspecified atom stereocenters. The van der Waals surface area contributed by atoms with Gasteiger partial charge < -0.3 is 9.47 Å². The predicted octanol–water partition coefficient (Wildman–Crippen LogP) is 4.36. The fourth-order valence-corrected chi connectivity index (χ4v) is 4.91. The molecule has 0 spiro atoms. The summed E-state index contributed by atoms with van der Waals surface area (Å²) in [5.41, 5.74) is 2.92. The second-order valence-corrected chi connectivity index (χ2v) is 9.46. The molecule has 3 rings (SSSR count). The second-order valence-electron chi connectivity index (χ2n) is 6.79. The molecule has 0 saturated heterocycles. The van der Waals surface area contributed by atoms with Gasteiger partial charge in [-0.2, -0.15) is 5.10 Å². The van der Waals surface area contributed by atoms with Gasteiger partial charge in [-0.1, -0.05) is 41.4 Å². The van der Waals surface area contributed by atoms with Crippen LogP contribution >= 0.6 is 23.2 Å². The number of anilines is 1. The highest BCUT2D eigenvalue weighted by atomic mass is 35.5. The zero-order valence-corrected chi connectivity index (χ0v) is 20.6. The lowest BCUT2D eigenvalue weighted by Gasteiger charge is -2.25. The molecule has 0 heterocycles. The molecular formula is C23H21Cl2N3O5S. The molecule has 3 aromatic carbocycles. The number of nitrogens with one attached hydrogen (secondary N) is 1. The van der Waals surface area contributed by atoms with E-state index in [1.165, 1.54) is 44.7 Å². The molecular weight excluding hydrogens is 501 g/mol. The van der Waals surface area contributed by atoms with Gasteiger partial charge in [0.15, 0.2) is 0 Å². The molecule has 0 aliphatic carbocycles.